The van der Waals surface area contributed by atoms with Crippen LogP contribution in [0.5, 0.6) is 0 Å². The van der Waals surface area contributed by atoms with Crippen LogP contribution >= 0.6 is 0 Å². The molecule has 0 radical (unpaired) electrons. The van der Waals surface area contributed by atoms with Gasteiger partial charge in [0.2, 0.25) is 5.91 Å². The molecule has 4 heterocycles. The van der Waals surface area contributed by atoms with Crippen molar-refractivity contribution in [2.24, 2.45) is 35.0 Å². The number of hydrogen-bond acceptors (Lipinski definition) is 10. The lowest BCUT2D eigenvalue weighted by molar-refractivity contribution is -0.344. The van der Waals surface area contributed by atoms with Crippen LogP contribution in [0.2, 0.25) is 0 Å². The van der Waals surface area contributed by atoms with E-state index in [9.17, 15) is 44.8 Å². The summed E-state index contributed by atoms with van der Waals surface area (Å²) >= 11 is 0. The molecule has 18 heteroatoms. The molecule has 9 unspecified atom stereocenters. The monoisotopic (exact) mass is 687 g/mol. The van der Waals surface area contributed by atoms with Gasteiger partial charge in [0.15, 0.2) is 24.1 Å². The first-order valence-corrected chi connectivity index (χ1v) is 16.7. The largest absolute Gasteiger partial charge is 0.458 e. The van der Waals surface area contributed by atoms with E-state index < -0.39 is 123 Å². The second-order valence-corrected chi connectivity index (χ2v) is 16.0. The van der Waals surface area contributed by atoms with Gasteiger partial charge in [0.1, 0.15) is 12.0 Å². The second kappa shape index (κ2) is 9.72. The van der Waals surface area contributed by atoms with Gasteiger partial charge >= 0.3 is 33.5 Å². The van der Waals surface area contributed by atoms with Gasteiger partial charge < -0.3 is 28.6 Å². The average Bonchev–Trinajstić information content (AvgIpc) is 3.64. The molecule has 4 saturated heterocycles. The number of fused-ring (bicyclic) bond motifs is 1. The van der Waals surface area contributed by atoms with Crippen molar-refractivity contribution in [2.45, 2.75) is 106 Å². The Hall–Kier alpha value is -2.15. The zero-order valence-corrected chi connectivity index (χ0v) is 25.8. The van der Waals surface area contributed by atoms with Crippen molar-refractivity contribution in [3.8, 4) is 0 Å². The van der Waals surface area contributed by atoms with Gasteiger partial charge in [0.05, 0.1) is 30.1 Å². The van der Waals surface area contributed by atoms with Crippen LogP contribution in [0.3, 0.4) is 0 Å². The highest BCUT2D eigenvalue weighted by atomic mass is 32.2. The van der Waals surface area contributed by atoms with Gasteiger partial charge in [-0.3, -0.25) is 18.9 Å². The maximum absolute atomic E-state index is 14.1. The third-order valence-corrected chi connectivity index (χ3v) is 12.3. The first kappa shape index (κ1) is 32.4. The lowest BCUT2D eigenvalue weighted by Gasteiger charge is -2.62. The van der Waals surface area contributed by atoms with E-state index in [1.54, 1.807) is 13.8 Å². The van der Waals surface area contributed by atoms with Crippen LogP contribution in [0, 0.1) is 35.0 Å². The Morgan fingerprint density at radius 3 is 2.26 bits per heavy atom. The predicted octanol–water partition coefficient (Wildman–Crippen LogP) is 2.44. The normalized spacial score (nSPS) is 45.8. The first-order valence-electron chi connectivity index (χ1n) is 15.3. The molecule has 4 saturated carbocycles. The molecule has 258 valence electrons. The molecule has 1 N–H and O–H groups in total. The number of amides is 1. The number of alkyl halides is 5. The molecule has 12 nitrogen and oxygen atoms in total. The van der Waals surface area contributed by atoms with Gasteiger partial charge in [-0.05, 0) is 58.8 Å². The van der Waals surface area contributed by atoms with Crippen molar-refractivity contribution in [3.63, 3.8) is 0 Å². The van der Waals surface area contributed by atoms with Crippen molar-refractivity contribution in [2.75, 3.05) is 13.2 Å². The number of esters is 2. The number of rotatable bonds is 7. The Kier molecular flexibility index (Phi) is 6.85. The van der Waals surface area contributed by atoms with Gasteiger partial charge in [-0.1, -0.05) is 0 Å². The first-order chi connectivity index (χ1) is 21.1. The maximum Gasteiger partial charge on any atom is 0.419 e. The summed E-state index contributed by atoms with van der Waals surface area (Å²) in [6, 6.07) is -1.24. The summed E-state index contributed by atoms with van der Waals surface area (Å²) in [5.41, 5.74) is -3.58. The van der Waals surface area contributed by atoms with E-state index in [-0.39, 0.29) is 18.8 Å². The van der Waals surface area contributed by atoms with Crippen LogP contribution in [-0.4, -0.2) is 102 Å². The minimum atomic E-state index is -5.90. The number of hydrogen-bond donors (Lipinski definition) is 1. The lowest BCUT2D eigenvalue weighted by Crippen LogP contribution is -2.65. The van der Waals surface area contributed by atoms with E-state index in [0.29, 0.717) is 19.3 Å². The van der Waals surface area contributed by atoms with Crippen molar-refractivity contribution >= 4 is 28.0 Å². The summed E-state index contributed by atoms with van der Waals surface area (Å²) in [4.78, 5) is 42.1. The molecule has 4 aliphatic heterocycles. The Labute approximate surface area is 260 Å². The van der Waals surface area contributed by atoms with Crippen LogP contribution < -0.4 is 0 Å². The molecular weight excluding hydrogens is 653 g/mol. The zero-order chi connectivity index (χ0) is 33.6. The third kappa shape index (κ3) is 4.27. The minimum Gasteiger partial charge on any atom is -0.458 e. The molecule has 6 bridgehead atoms. The highest BCUT2D eigenvalue weighted by Crippen LogP contribution is 2.68. The molecule has 0 aromatic carbocycles. The van der Waals surface area contributed by atoms with Gasteiger partial charge in [0.25, 0.3) is 0 Å². The topological polar surface area (TPSA) is 155 Å². The Balaban J connectivity index is 1.13. The van der Waals surface area contributed by atoms with E-state index in [2.05, 4.69) is 4.74 Å². The van der Waals surface area contributed by atoms with Gasteiger partial charge in [-0.25, -0.2) is 0 Å². The number of carbonyl (C=O) groups is 3. The van der Waals surface area contributed by atoms with Crippen molar-refractivity contribution in [1.82, 2.24) is 4.90 Å². The van der Waals surface area contributed by atoms with Gasteiger partial charge in [-0.15, -0.1) is 0 Å². The highest BCUT2D eigenvalue weighted by molar-refractivity contribution is 7.86. The average molecular weight is 688 g/mol. The molecule has 1 spiro atoms. The summed E-state index contributed by atoms with van der Waals surface area (Å²) in [7, 11) is -5.90. The summed E-state index contributed by atoms with van der Waals surface area (Å²) in [5, 5.41) is -4.81. The summed E-state index contributed by atoms with van der Waals surface area (Å²) in [6.45, 7) is 1.68. The standard InChI is InChI=1S/C28H34F5NO11S/c1-11(2)34-17-18-15(21(34)35)16(22(36)41-10-26(29,30)46(38,39)40)19(43-18)20(17)44-23(37)25-6-12-4-13(7-25)27(14(5-12)8-25)42-9-24(3,45-27)28(31,32)33/h11-20H,4-10H2,1-3H3,(H,38,39,40). The fourth-order valence-electron chi connectivity index (χ4n) is 9.62. The molecule has 46 heavy (non-hydrogen) atoms. The fraction of sp³-hybridized carbons (Fsp3) is 0.893. The third-order valence-electron chi connectivity index (χ3n) is 11.4. The number of ether oxygens (including phenoxy) is 5. The SMILES string of the molecule is CC(C)N1C(=O)C2C3OC(C(OC(=O)C45CC6CC(C4)C4(OCC(C)(C(F)(F)F)O4)C(C6)C5)C31)C2C(=O)OCC(F)(F)S(=O)(=O)O. The van der Waals surface area contributed by atoms with E-state index in [0.717, 1.165) is 6.92 Å². The number of carbonyl (C=O) groups excluding carboxylic acids is 3. The summed E-state index contributed by atoms with van der Waals surface area (Å²) in [5.74, 6) is -7.75. The van der Waals surface area contributed by atoms with Crippen molar-refractivity contribution in [3.05, 3.63) is 0 Å². The lowest BCUT2D eigenvalue weighted by atomic mass is 9.47. The van der Waals surface area contributed by atoms with Crippen molar-refractivity contribution in [1.29, 1.82) is 0 Å². The van der Waals surface area contributed by atoms with Gasteiger partial charge in [0, 0.05) is 17.9 Å². The van der Waals surface area contributed by atoms with Crippen LogP contribution in [0.4, 0.5) is 22.0 Å². The van der Waals surface area contributed by atoms with E-state index >= 15 is 0 Å². The molecular formula is C28H34F5NO11S. The van der Waals surface area contributed by atoms with Crippen molar-refractivity contribution < 1.29 is 73.0 Å². The van der Waals surface area contributed by atoms with Crippen LogP contribution in [-0.2, 0) is 48.2 Å². The Morgan fingerprint density at radius 1 is 1.09 bits per heavy atom. The smallest absolute Gasteiger partial charge is 0.419 e. The molecule has 8 rings (SSSR count). The minimum absolute atomic E-state index is 0.00805. The molecule has 0 aromatic heterocycles. The van der Waals surface area contributed by atoms with E-state index in [1.165, 1.54) is 4.90 Å². The zero-order valence-electron chi connectivity index (χ0n) is 25.0. The van der Waals surface area contributed by atoms with Crippen LogP contribution in [0.25, 0.3) is 0 Å². The van der Waals surface area contributed by atoms with E-state index in [1.807, 2.05) is 0 Å². The number of likely N-dealkylation sites (tertiary alicyclic amines) is 1. The van der Waals surface area contributed by atoms with Crippen LogP contribution in [0.15, 0.2) is 0 Å². The highest BCUT2D eigenvalue weighted by Gasteiger charge is 2.76. The second-order valence-electron chi connectivity index (χ2n) is 14.5. The predicted molar refractivity (Wildman–Crippen MR) is 139 cm³/mol. The van der Waals surface area contributed by atoms with E-state index in [4.69, 9.17) is 23.5 Å². The summed E-state index contributed by atoms with van der Waals surface area (Å²) in [6.07, 6.45) is -6.37. The number of halogens is 5. The fourth-order valence-corrected chi connectivity index (χ4v) is 9.82. The summed E-state index contributed by atoms with van der Waals surface area (Å²) < 4.78 is 128. The van der Waals surface area contributed by atoms with Gasteiger partial charge in [-0.2, -0.15) is 30.4 Å². The maximum atomic E-state index is 14.1. The van der Waals surface area contributed by atoms with Crippen LogP contribution in [0.1, 0.15) is 52.9 Å². The molecule has 1 amide bonds. The molecule has 0 aromatic rings. The molecule has 4 aliphatic carbocycles. The Bertz CT molecular complexity index is 1460. The quantitative estimate of drug-likeness (QED) is 0.239. The Morgan fingerprint density at radius 2 is 1.72 bits per heavy atom. The molecule has 9 atom stereocenters. The molecule has 8 fully saturated rings. The number of nitrogens with zero attached hydrogens (tertiary/aromatic N) is 1. The molecule has 8 aliphatic rings.